The standard InChI is InChI=1S/C20H23F2NO3S/c1-3-10-25-16-5-7-17(8-6-16)26-11-12-27-14(2)20(24)23-19-9-4-15(21)13-18(19)22/h4-9,13-14H,3,10-12H2,1-2H3,(H,23,24). The molecule has 146 valence electrons. The highest BCUT2D eigenvalue weighted by atomic mass is 32.2. The molecule has 1 unspecified atom stereocenters. The zero-order valence-electron chi connectivity index (χ0n) is 15.3. The largest absolute Gasteiger partial charge is 0.494 e. The number of anilines is 1. The van der Waals surface area contributed by atoms with Gasteiger partial charge in [0.1, 0.15) is 23.1 Å². The molecule has 1 N–H and O–H groups in total. The summed E-state index contributed by atoms with van der Waals surface area (Å²) in [5, 5.41) is 2.06. The number of halogens is 2. The second kappa shape index (κ2) is 10.8. The quantitative estimate of drug-likeness (QED) is 0.582. The molecule has 0 bridgehead atoms. The highest BCUT2D eigenvalue weighted by Crippen LogP contribution is 2.20. The molecule has 0 aliphatic rings. The van der Waals surface area contributed by atoms with Crippen molar-refractivity contribution in [2.75, 3.05) is 24.3 Å². The van der Waals surface area contributed by atoms with Gasteiger partial charge in [-0.2, -0.15) is 0 Å². The van der Waals surface area contributed by atoms with E-state index in [4.69, 9.17) is 9.47 Å². The Morgan fingerprint density at radius 2 is 1.70 bits per heavy atom. The number of thioether (sulfide) groups is 1. The van der Waals surface area contributed by atoms with Gasteiger partial charge in [-0.25, -0.2) is 8.78 Å². The topological polar surface area (TPSA) is 47.6 Å². The van der Waals surface area contributed by atoms with Crippen molar-refractivity contribution in [1.82, 2.24) is 0 Å². The van der Waals surface area contributed by atoms with Crippen LogP contribution in [0.1, 0.15) is 20.3 Å². The molecule has 27 heavy (non-hydrogen) atoms. The Morgan fingerprint density at radius 1 is 1.07 bits per heavy atom. The third-order valence-electron chi connectivity index (χ3n) is 3.57. The van der Waals surface area contributed by atoms with E-state index >= 15 is 0 Å². The SMILES string of the molecule is CCCOc1ccc(OCCSC(C)C(=O)Nc2ccc(F)cc2F)cc1. The summed E-state index contributed by atoms with van der Waals surface area (Å²) in [6.07, 6.45) is 0.953. The minimum Gasteiger partial charge on any atom is -0.494 e. The van der Waals surface area contributed by atoms with Gasteiger partial charge in [-0.1, -0.05) is 6.92 Å². The van der Waals surface area contributed by atoms with E-state index in [9.17, 15) is 13.6 Å². The molecule has 0 aliphatic carbocycles. The Labute approximate surface area is 162 Å². The molecule has 7 heteroatoms. The lowest BCUT2D eigenvalue weighted by Gasteiger charge is -2.13. The number of carbonyl (C=O) groups is 1. The van der Waals surface area contributed by atoms with Crippen LogP contribution >= 0.6 is 11.8 Å². The maximum absolute atomic E-state index is 13.6. The monoisotopic (exact) mass is 395 g/mol. The predicted octanol–water partition coefficient (Wildman–Crippen LogP) is 4.89. The highest BCUT2D eigenvalue weighted by molar-refractivity contribution is 8.00. The first-order valence-corrected chi connectivity index (χ1v) is 9.77. The van der Waals surface area contributed by atoms with Crippen LogP contribution in [0.25, 0.3) is 0 Å². The van der Waals surface area contributed by atoms with Crippen LogP contribution in [-0.2, 0) is 4.79 Å². The zero-order chi connectivity index (χ0) is 19.6. The molecule has 0 saturated carbocycles. The van der Waals surface area contributed by atoms with E-state index in [1.165, 1.54) is 17.8 Å². The zero-order valence-corrected chi connectivity index (χ0v) is 16.2. The first kappa shape index (κ1) is 21.0. The first-order valence-electron chi connectivity index (χ1n) is 8.72. The summed E-state index contributed by atoms with van der Waals surface area (Å²) in [5.74, 6) is 0.296. The molecule has 4 nitrogen and oxygen atoms in total. The molecular weight excluding hydrogens is 372 g/mol. The lowest BCUT2D eigenvalue weighted by Crippen LogP contribution is -2.24. The molecule has 0 saturated heterocycles. The lowest BCUT2D eigenvalue weighted by atomic mass is 10.3. The third kappa shape index (κ3) is 7.09. The highest BCUT2D eigenvalue weighted by Gasteiger charge is 2.15. The number of amides is 1. The van der Waals surface area contributed by atoms with Gasteiger partial charge in [0.05, 0.1) is 24.2 Å². The Bertz CT molecular complexity index is 741. The Morgan fingerprint density at radius 3 is 2.30 bits per heavy atom. The Balaban J connectivity index is 1.70. The molecule has 0 heterocycles. The van der Waals surface area contributed by atoms with Crippen molar-refractivity contribution in [3.63, 3.8) is 0 Å². The second-order valence-corrected chi connectivity index (χ2v) is 7.24. The second-order valence-electron chi connectivity index (χ2n) is 5.79. The number of ether oxygens (including phenoxy) is 2. The van der Waals surface area contributed by atoms with Crippen LogP contribution in [0, 0.1) is 11.6 Å². The van der Waals surface area contributed by atoms with Crippen LogP contribution in [0.3, 0.4) is 0 Å². The van der Waals surface area contributed by atoms with Crippen molar-refractivity contribution < 1.29 is 23.0 Å². The van der Waals surface area contributed by atoms with Crippen molar-refractivity contribution in [1.29, 1.82) is 0 Å². The van der Waals surface area contributed by atoms with E-state index in [0.29, 0.717) is 19.0 Å². The molecule has 1 amide bonds. The maximum Gasteiger partial charge on any atom is 0.237 e. The molecular formula is C20H23F2NO3S. The van der Waals surface area contributed by atoms with Crippen molar-refractivity contribution in [3.8, 4) is 11.5 Å². The average Bonchev–Trinajstić information content (AvgIpc) is 2.66. The molecule has 2 aromatic rings. The number of hydrogen-bond acceptors (Lipinski definition) is 4. The molecule has 0 aliphatic heterocycles. The van der Waals surface area contributed by atoms with Gasteiger partial charge in [0, 0.05) is 11.8 Å². The van der Waals surface area contributed by atoms with E-state index < -0.39 is 16.9 Å². The number of nitrogens with one attached hydrogen (secondary N) is 1. The summed E-state index contributed by atoms with van der Waals surface area (Å²) in [7, 11) is 0. The molecule has 0 radical (unpaired) electrons. The summed E-state index contributed by atoms with van der Waals surface area (Å²) in [6.45, 7) is 4.88. The molecule has 2 aromatic carbocycles. The molecule has 1 atom stereocenters. The summed E-state index contributed by atoms with van der Waals surface area (Å²) < 4.78 is 37.6. The fraction of sp³-hybridized carbons (Fsp3) is 0.350. The lowest BCUT2D eigenvalue weighted by molar-refractivity contribution is -0.115. The number of hydrogen-bond donors (Lipinski definition) is 1. The van der Waals surface area contributed by atoms with Gasteiger partial charge in [0.2, 0.25) is 5.91 Å². The van der Waals surface area contributed by atoms with Crippen LogP contribution in [-0.4, -0.2) is 30.1 Å². The first-order chi connectivity index (χ1) is 13.0. The minimum absolute atomic E-state index is 0.0320. The van der Waals surface area contributed by atoms with Crippen molar-refractivity contribution in [2.24, 2.45) is 0 Å². The minimum atomic E-state index is -0.796. The number of rotatable bonds is 10. The predicted molar refractivity (Wildman–Crippen MR) is 105 cm³/mol. The van der Waals surface area contributed by atoms with Gasteiger partial charge >= 0.3 is 0 Å². The van der Waals surface area contributed by atoms with Crippen LogP contribution in [0.5, 0.6) is 11.5 Å². The maximum atomic E-state index is 13.6. The van der Waals surface area contributed by atoms with Gasteiger partial charge in [-0.15, -0.1) is 11.8 Å². The van der Waals surface area contributed by atoms with Gasteiger partial charge in [0.25, 0.3) is 0 Å². The van der Waals surface area contributed by atoms with E-state index in [-0.39, 0.29) is 11.6 Å². The van der Waals surface area contributed by atoms with Crippen LogP contribution in [0.4, 0.5) is 14.5 Å². The smallest absolute Gasteiger partial charge is 0.237 e. The summed E-state index contributed by atoms with van der Waals surface area (Å²) in [6, 6.07) is 10.4. The van der Waals surface area contributed by atoms with Crippen molar-refractivity contribution in [2.45, 2.75) is 25.5 Å². The van der Waals surface area contributed by atoms with Gasteiger partial charge in [0.15, 0.2) is 0 Å². The molecule has 2 rings (SSSR count). The molecule has 0 fully saturated rings. The molecule has 0 aromatic heterocycles. The van der Waals surface area contributed by atoms with Gasteiger partial charge in [-0.05, 0) is 49.7 Å². The third-order valence-corrected chi connectivity index (χ3v) is 4.69. The van der Waals surface area contributed by atoms with E-state index in [1.807, 2.05) is 31.2 Å². The van der Waals surface area contributed by atoms with Crippen molar-refractivity contribution in [3.05, 3.63) is 54.1 Å². The Kier molecular flexibility index (Phi) is 8.39. The van der Waals surface area contributed by atoms with E-state index in [2.05, 4.69) is 5.32 Å². The van der Waals surface area contributed by atoms with Crippen LogP contribution in [0.15, 0.2) is 42.5 Å². The fourth-order valence-electron chi connectivity index (χ4n) is 2.14. The van der Waals surface area contributed by atoms with Gasteiger partial charge in [-0.3, -0.25) is 4.79 Å². The summed E-state index contributed by atoms with van der Waals surface area (Å²) >= 11 is 1.39. The van der Waals surface area contributed by atoms with Crippen LogP contribution in [0.2, 0.25) is 0 Å². The Hall–Kier alpha value is -2.28. The summed E-state index contributed by atoms with van der Waals surface area (Å²) in [5.41, 5.74) is -0.0320. The van der Waals surface area contributed by atoms with E-state index in [1.54, 1.807) is 6.92 Å². The normalized spacial score (nSPS) is 11.7. The van der Waals surface area contributed by atoms with Crippen molar-refractivity contribution >= 4 is 23.4 Å². The number of benzene rings is 2. The average molecular weight is 395 g/mol. The fourth-order valence-corrected chi connectivity index (χ4v) is 2.88. The van der Waals surface area contributed by atoms with E-state index in [0.717, 1.165) is 30.1 Å². The van der Waals surface area contributed by atoms with Crippen LogP contribution < -0.4 is 14.8 Å². The summed E-state index contributed by atoms with van der Waals surface area (Å²) in [4.78, 5) is 12.1. The number of carbonyl (C=O) groups excluding carboxylic acids is 1. The molecule has 0 spiro atoms. The van der Waals surface area contributed by atoms with Gasteiger partial charge < -0.3 is 14.8 Å².